The van der Waals surface area contributed by atoms with Gasteiger partial charge < -0.3 is 15.2 Å². The lowest BCUT2D eigenvalue weighted by molar-refractivity contribution is -0.167. The van der Waals surface area contributed by atoms with E-state index in [1.54, 1.807) is 0 Å². The molecule has 0 aromatic carbocycles. The molecule has 0 aliphatic heterocycles. The largest absolute Gasteiger partial charge is 0.481 e. The molecule has 1 fully saturated rings. The average Bonchev–Trinajstić information content (AvgIpc) is 2.76. The summed E-state index contributed by atoms with van der Waals surface area (Å²) in [6.07, 6.45) is 4.81. The van der Waals surface area contributed by atoms with Gasteiger partial charge in [-0.3, -0.25) is 4.79 Å². The van der Waals surface area contributed by atoms with Gasteiger partial charge in [-0.15, -0.1) is 0 Å². The van der Waals surface area contributed by atoms with E-state index in [4.69, 9.17) is 4.74 Å². The van der Waals surface area contributed by atoms with Crippen LogP contribution in [0.3, 0.4) is 0 Å². The lowest BCUT2D eigenvalue weighted by Crippen LogP contribution is -2.61. The number of nitrogens with one attached hydrogen (secondary N) is 1. The van der Waals surface area contributed by atoms with Crippen molar-refractivity contribution in [3.05, 3.63) is 11.6 Å². The number of aliphatic carboxylic acids is 1. The number of rotatable bonds is 6. The van der Waals surface area contributed by atoms with Crippen molar-refractivity contribution in [2.75, 3.05) is 6.54 Å². The first-order chi connectivity index (χ1) is 12.7. The van der Waals surface area contributed by atoms with Crippen molar-refractivity contribution in [1.82, 2.24) is 5.32 Å². The van der Waals surface area contributed by atoms with Gasteiger partial charge >= 0.3 is 12.1 Å². The summed E-state index contributed by atoms with van der Waals surface area (Å²) in [6, 6.07) is 0. The van der Waals surface area contributed by atoms with Crippen LogP contribution in [0.5, 0.6) is 0 Å². The van der Waals surface area contributed by atoms with Crippen LogP contribution in [0, 0.1) is 34.5 Å². The molecule has 0 radical (unpaired) electrons. The molecule has 0 spiro atoms. The number of fused-ring (bicyclic) bond motifs is 1. The minimum Gasteiger partial charge on any atom is -0.481 e. The number of ether oxygens (including phenoxy) is 1. The molecule has 5 nitrogen and oxygen atoms in total. The van der Waals surface area contributed by atoms with Crippen molar-refractivity contribution >= 4 is 12.1 Å². The van der Waals surface area contributed by atoms with Gasteiger partial charge in [-0.05, 0) is 63.2 Å². The van der Waals surface area contributed by atoms with Crippen molar-refractivity contribution in [3.63, 3.8) is 0 Å². The van der Waals surface area contributed by atoms with E-state index in [9.17, 15) is 14.7 Å². The predicted octanol–water partition coefficient (Wildman–Crippen LogP) is 5.26. The zero-order valence-electron chi connectivity index (χ0n) is 18.9. The quantitative estimate of drug-likeness (QED) is 0.604. The molecule has 1 unspecified atom stereocenters. The Morgan fingerprint density at radius 1 is 1.25 bits per heavy atom. The molecule has 2 N–H and O–H groups in total. The minimum atomic E-state index is -0.775. The van der Waals surface area contributed by atoms with Crippen molar-refractivity contribution in [2.45, 2.75) is 80.3 Å². The summed E-state index contributed by atoms with van der Waals surface area (Å²) in [5.41, 5.74) is 0.000796. The van der Waals surface area contributed by atoms with Gasteiger partial charge in [0.1, 0.15) is 5.60 Å². The fraction of sp³-hybridized carbons (Fsp3) is 0.826. The van der Waals surface area contributed by atoms with E-state index < -0.39 is 34.4 Å². The molecule has 1 amide bonds. The van der Waals surface area contributed by atoms with E-state index in [2.05, 4.69) is 25.2 Å². The van der Waals surface area contributed by atoms with Crippen molar-refractivity contribution < 1.29 is 19.4 Å². The third kappa shape index (κ3) is 4.90. The topological polar surface area (TPSA) is 75.6 Å². The molecule has 2 aliphatic rings. The van der Waals surface area contributed by atoms with Crippen LogP contribution in [0.1, 0.15) is 74.7 Å². The summed E-state index contributed by atoms with van der Waals surface area (Å²) < 4.78 is 5.40. The highest BCUT2D eigenvalue weighted by Crippen LogP contribution is 2.64. The molecule has 160 valence electrons. The number of allylic oxidation sites excluding steroid dienone is 2. The first-order valence-electron chi connectivity index (χ1n) is 10.5. The fourth-order valence-electron chi connectivity index (χ4n) is 5.53. The zero-order valence-corrected chi connectivity index (χ0v) is 18.9. The summed E-state index contributed by atoms with van der Waals surface area (Å²) in [6.45, 7) is 16.2. The Bertz CT molecular complexity index is 638. The van der Waals surface area contributed by atoms with Gasteiger partial charge in [-0.25, -0.2) is 4.79 Å². The molecular weight excluding hydrogens is 354 g/mol. The summed E-state index contributed by atoms with van der Waals surface area (Å²) in [7, 11) is 0. The number of carboxylic acids is 1. The first kappa shape index (κ1) is 22.8. The van der Waals surface area contributed by atoms with E-state index in [1.165, 1.54) is 5.57 Å². The second-order valence-electron chi connectivity index (χ2n) is 11.3. The highest BCUT2D eigenvalue weighted by Gasteiger charge is 2.63. The summed E-state index contributed by atoms with van der Waals surface area (Å²) in [4.78, 5) is 24.6. The fourth-order valence-corrected chi connectivity index (χ4v) is 5.53. The number of carbonyl (C=O) groups is 2. The molecule has 28 heavy (non-hydrogen) atoms. The Labute approximate surface area is 170 Å². The molecule has 2 aliphatic carbocycles. The highest BCUT2D eigenvalue weighted by atomic mass is 16.6. The van der Waals surface area contributed by atoms with Gasteiger partial charge in [0, 0.05) is 12.0 Å². The van der Waals surface area contributed by atoms with Crippen LogP contribution in [0.2, 0.25) is 0 Å². The van der Waals surface area contributed by atoms with Gasteiger partial charge in [0.15, 0.2) is 0 Å². The van der Waals surface area contributed by atoms with E-state index in [-0.39, 0.29) is 5.92 Å². The Balaban J connectivity index is 2.29. The molecule has 0 saturated heterocycles. The number of carbonyl (C=O) groups excluding carboxylic acids is 1. The van der Waals surface area contributed by atoms with Crippen LogP contribution in [0.25, 0.3) is 0 Å². The Morgan fingerprint density at radius 2 is 1.86 bits per heavy atom. The standard InChI is InChI=1S/C23H39NO4/c1-14(2)9-15-10-16-12-23(17(16)11-15,18(19(25)26)21(3,4)5)13-24-20(27)28-22(6,7)8/h11,14,16-18H,9-10,12-13H2,1-8H3,(H,24,27)(H,25,26)/t16-,17-,18?,23+/m0/s1. The molecule has 1 saturated carbocycles. The summed E-state index contributed by atoms with van der Waals surface area (Å²) in [5.74, 6) is -0.0145. The smallest absolute Gasteiger partial charge is 0.407 e. The highest BCUT2D eigenvalue weighted by molar-refractivity contribution is 5.73. The maximum Gasteiger partial charge on any atom is 0.407 e. The van der Waals surface area contributed by atoms with Gasteiger partial charge in [-0.1, -0.05) is 46.3 Å². The molecule has 2 rings (SSSR count). The molecule has 4 atom stereocenters. The number of amides is 1. The number of hydrogen-bond donors (Lipinski definition) is 2. The first-order valence-corrected chi connectivity index (χ1v) is 10.5. The maximum atomic E-state index is 12.3. The molecular formula is C23H39NO4. The maximum absolute atomic E-state index is 12.3. The van der Waals surface area contributed by atoms with Gasteiger partial charge in [-0.2, -0.15) is 0 Å². The third-order valence-electron chi connectivity index (χ3n) is 6.07. The zero-order chi connectivity index (χ0) is 21.5. The van der Waals surface area contributed by atoms with Crippen LogP contribution >= 0.6 is 0 Å². The molecule has 0 aromatic rings. The lowest BCUT2D eigenvalue weighted by Gasteiger charge is -2.58. The van der Waals surface area contributed by atoms with E-state index >= 15 is 0 Å². The van der Waals surface area contributed by atoms with Crippen molar-refractivity contribution in [3.8, 4) is 0 Å². The normalized spacial score (nSPS) is 28.2. The molecule has 0 aromatic heterocycles. The number of alkyl carbamates (subject to hydrolysis) is 1. The Morgan fingerprint density at radius 3 is 2.32 bits per heavy atom. The van der Waals surface area contributed by atoms with Gasteiger partial charge in [0.25, 0.3) is 0 Å². The number of hydrogen-bond acceptors (Lipinski definition) is 3. The predicted molar refractivity (Wildman–Crippen MR) is 111 cm³/mol. The van der Waals surface area contributed by atoms with Crippen LogP contribution in [0.15, 0.2) is 11.6 Å². The SMILES string of the molecule is CC(C)CC1=C[C@H]2[C@@H](C1)C[C@]2(CNC(=O)OC(C)(C)C)C(C(=O)O)C(C)(C)C. The summed E-state index contributed by atoms with van der Waals surface area (Å²) >= 11 is 0. The molecule has 5 heteroatoms. The van der Waals surface area contributed by atoms with Gasteiger partial charge in [0.05, 0.1) is 5.92 Å². The second kappa shape index (κ2) is 7.72. The molecule has 0 heterocycles. The lowest BCUT2D eigenvalue weighted by atomic mass is 9.46. The van der Waals surface area contributed by atoms with E-state index in [1.807, 2.05) is 41.5 Å². The van der Waals surface area contributed by atoms with Crippen LogP contribution < -0.4 is 5.32 Å². The second-order valence-corrected chi connectivity index (χ2v) is 11.3. The summed E-state index contributed by atoms with van der Waals surface area (Å²) in [5, 5.41) is 13.0. The van der Waals surface area contributed by atoms with Crippen LogP contribution in [0.4, 0.5) is 4.79 Å². The molecule has 0 bridgehead atoms. The van der Waals surface area contributed by atoms with Crippen molar-refractivity contribution in [2.24, 2.45) is 34.5 Å². The van der Waals surface area contributed by atoms with Crippen molar-refractivity contribution in [1.29, 1.82) is 0 Å². The Kier molecular flexibility index (Phi) is 6.28. The van der Waals surface area contributed by atoms with Crippen LogP contribution in [-0.4, -0.2) is 29.3 Å². The minimum absolute atomic E-state index is 0.205. The third-order valence-corrected chi connectivity index (χ3v) is 6.07. The monoisotopic (exact) mass is 393 g/mol. The average molecular weight is 394 g/mol. The Hall–Kier alpha value is -1.52. The van der Waals surface area contributed by atoms with E-state index in [0.29, 0.717) is 18.4 Å². The van der Waals surface area contributed by atoms with Crippen LogP contribution in [-0.2, 0) is 9.53 Å². The van der Waals surface area contributed by atoms with E-state index in [0.717, 1.165) is 19.3 Å². The van der Waals surface area contributed by atoms with Gasteiger partial charge in [0.2, 0.25) is 0 Å². The number of carboxylic acid groups (broad SMARTS) is 1.